The third kappa shape index (κ3) is 4.35. The number of carboxylic acid groups (broad SMARTS) is 1. The molecule has 2 rings (SSSR count). The molecular weight excluding hydrogens is 319 g/mol. The average Bonchev–Trinajstić information content (AvgIpc) is 2.54. The van der Waals surface area contributed by atoms with Crippen molar-refractivity contribution in [2.45, 2.75) is 12.5 Å². The van der Waals surface area contributed by atoms with Crippen LogP contribution in [0, 0.1) is 15.9 Å². The van der Waals surface area contributed by atoms with Crippen LogP contribution in [0.4, 0.5) is 10.1 Å². The minimum atomic E-state index is -1.38. The van der Waals surface area contributed by atoms with Gasteiger partial charge in [-0.3, -0.25) is 14.9 Å². The molecule has 1 atom stereocenters. The van der Waals surface area contributed by atoms with E-state index in [4.69, 9.17) is 0 Å². The molecule has 0 saturated carbocycles. The van der Waals surface area contributed by atoms with Crippen molar-refractivity contribution in [3.63, 3.8) is 0 Å². The molecule has 0 aromatic heterocycles. The maximum Gasteiger partial charge on any atom is 0.269 e. The Hall–Kier alpha value is -3.29. The van der Waals surface area contributed by atoms with E-state index in [2.05, 4.69) is 5.32 Å². The van der Waals surface area contributed by atoms with Crippen LogP contribution in [0.1, 0.15) is 28.4 Å². The number of carboxylic acids is 1. The van der Waals surface area contributed by atoms with Crippen LogP contribution in [-0.4, -0.2) is 16.8 Å². The molecule has 0 heterocycles. The highest BCUT2D eigenvalue weighted by molar-refractivity contribution is 5.94. The number of amides is 1. The van der Waals surface area contributed by atoms with Crippen molar-refractivity contribution in [3.8, 4) is 0 Å². The van der Waals surface area contributed by atoms with Crippen molar-refractivity contribution >= 4 is 17.6 Å². The van der Waals surface area contributed by atoms with Crippen LogP contribution in [0.15, 0.2) is 48.5 Å². The van der Waals surface area contributed by atoms with Gasteiger partial charge < -0.3 is 15.2 Å². The first-order valence-electron chi connectivity index (χ1n) is 6.87. The molecular formula is C16H12FN2O5-. The Labute approximate surface area is 135 Å². The van der Waals surface area contributed by atoms with Crippen LogP contribution in [0.25, 0.3) is 0 Å². The molecule has 7 nitrogen and oxygen atoms in total. The number of aliphatic carboxylic acids is 1. The van der Waals surface area contributed by atoms with E-state index in [9.17, 15) is 29.2 Å². The Kier molecular flexibility index (Phi) is 5.20. The summed E-state index contributed by atoms with van der Waals surface area (Å²) in [4.78, 5) is 33.1. The van der Waals surface area contributed by atoms with Gasteiger partial charge in [0.05, 0.1) is 11.0 Å². The summed E-state index contributed by atoms with van der Waals surface area (Å²) >= 11 is 0. The molecule has 1 amide bonds. The van der Waals surface area contributed by atoms with Gasteiger partial charge in [-0.25, -0.2) is 4.39 Å². The Morgan fingerprint density at radius 1 is 1.08 bits per heavy atom. The topological polar surface area (TPSA) is 112 Å². The number of halogens is 1. The number of non-ortho nitro benzene ring substituents is 1. The number of nitro benzene ring substituents is 1. The summed E-state index contributed by atoms with van der Waals surface area (Å²) in [7, 11) is 0. The van der Waals surface area contributed by atoms with Gasteiger partial charge in [0.25, 0.3) is 11.6 Å². The van der Waals surface area contributed by atoms with E-state index in [1.807, 2.05) is 0 Å². The van der Waals surface area contributed by atoms with E-state index < -0.39 is 35.1 Å². The number of hydrogen-bond acceptors (Lipinski definition) is 5. The number of carbonyl (C=O) groups is 2. The maximum atomic E-state index is 13.0. The number of nitro groups is 1. The predicted octanol–water partition coefficient (Wildman–Crippen LogP) is 1.34. The van der Waals surface area contributed by atoms with E-state index in [-0.39, 0.29) is 11.3 Å². The number of nitrogens with zero attached hydrogens (tertiary/aromatic N) is 1. The second-order valence-electron chi connectivity index (χ2n) is 4.96. The average molecular weight is 331 g/mol. The molecule has 0 aliphatic heterocycles. The number of benzene rings is 2. The van der Waals surface area contributed by atoms with Gasteiger partial charge >= 0.3 is 0 Å². The second kappa shape index (κ2) is 7.32. The fourth-order valence-corrected chi connectivity index (χ4v) is 2.09. The molecule has 0 unspecified atom stereocenters. The van der Waals surface area contributed by atoms with E-state index in [0.717, 1.165) is 12.1 Å². The Morgan fingerprint density at radius 3 is 2.17 bits per heavy atom. The maximum absolute atomic E-state index is 13.0. The number of rotatable bonds is 6. The zero-order chi connectivity index (χ0) is 17.7. The van der Waals surface area contributed by atoms with Gasteiger partial charge in [-0.2, -0.15) is 0 Å². The molecule has 2 aromatic rings. The van der Waals surface area contributed by atoms with Gasteiger partial charge in [0, 0.05) is 30.1 Å². The van der Waals surface area contributed by atoms with Crippen LogP contribution >= 0.6 is 0 Å². The third-order valence-electron chi connectivity index (χ3n) is 3.29. The molecule has 0 aliphatic carbocycles. The van der Waals surface area contributed by atoms with Gasteiger partial charge in [0.1, 0.15) is 5.82 Å². The molecule has 0 fully saturated rings. The summed E-state index contributed by atoms with van der Waals surface area (Å²) in [6.07, 6.45) is -0.496. The van der Waals surface area contributed by atoms with Gasteiger partial charge in [0.15, 0.2) is 0 Å². The van der Waals surface area contributed by atoms with Gasteiger partial charge in [-0.1, -0.05) is 12.1 Å². The van der Waals surface area contributed by atoms with Crippen LogP contribution in [0.5, 0.6) is 0 Å². The molecule has 124 valence electrons. The second-order valence-corrected chi connectivity index (χ2v) is 4.96. The van der Waals surface area contributed by atoms with Crippen LogP contribution < -0.4 is 10.4 Å². The molecule has 8 heteroatoms. The monoisotopic (exact) mass is 331 g/mol. The smallest absolute Gasteiger partial charge is 0.269 e. The zero-order valence-electron chi connectivity index (χ0n) is 12.3. The van der Waals surface area contributed by atoms with E-state index in [0.29, 0.717) is 5.56 Å². The summed E-state index contributed by atoms with van der Waals surface area (Å²) < 4.78 is 13.0. The lowest BCUT2D eigenvalue weighted by Crippen LogP contribution is -2.34. The van der Waals surface area contributed by atoms with Crippen LogP contribution in [0.3, 0.4) is 0 Å². The zero-order valence-corrected chi connectivity index (χ0v) is 12.3. The van der Waals surface area contributed by atoms with Gasteiger partial charge in [-0.15, -0.1) is 0 Å². The fraction of sp³-hybridized carbons (Fsp3) is 0.125. The highest BCUT2D eigenvalue weighted by Gasteiger charge is 2.17. The van der Waals surface area contributed by atoms with Gasteiger partial charge in [0.2, 0.25) is 0 Å². The summed E-state index contributed by atoms with van der Waals surface area (Å²) in [5.74, 6) is -2.48. The van der Waals surface area contributed by atoms with Crippen molar-refractivity contribution in [2.75, 3.05) is 0 Å². The molecule has 1 N–H and O–H groups in total. The summed E-state index contributed by atoms with van der Waals surface area (Å²) in [5, 5.41) is 24.0. The van der Waals surface area contributed by atoms with E-state index in [1.54, 1.807) is 0 Å². The lowest BCUT2D eigenvalue weighted by molar-refractivity contribution is -0.384. The van der Waals surface area contributed by atoms with Crippen molar-refractivity contribution in [1.29, 1.82) is 0 Å². The standard InChI is InChI=1S/C16H13FN2O5/c17-12-5-1-10(2-6-12)14(9-15(20)21)18-16(22)11-3-7-13(8-4-11)19(23)24/h1-8,14H,9H2,(H,18,22)(H,20,21)/p-1/t14-/m1/s1. The van der Waals surface area contributed by atoms with Crippen LogP contribution in [0.2, 0.25) is 0 Å². The molecule has 24 heavy (non-hydrogen) atoms. The molecule has 0 saturated heterocycles. The molecule has 0 radical (unpaired) electrons. The highest BCUT2D eigenvalue weighted by Crippen LogP contribution is 2.19. The van der Waals surface area contributed by atoms with E-state index in [1.165, 1.54) is 36.4 Å². The minimum absolute atomic E-state index is 0.131. The Bertz CT molecular complexity index is 759. The Morgan fingerprint density at radius 2 is 1.67 bits per heavy atom. The molecule has 0 spiro atoms. The fourth-order valence-electron chi connectivity index (χ4n) is 2.09. The van der Waals surface area contributed by atoms with Crippen molar-refractivity contribution in [2.24, 2.45) is 0 Å². The van der Waals surface area contributed by atoms with Crippen molar-refractivity contribution in [1.82, 2.24) is 5.32 Å². The molecule has 2 aromatic carbocycles. The van der Waals surface area contributed by atoms with Crippen molar-refractivity contribution < 1.29 is 24.0 Å². The normalized spacial score (nSPS) is 11.5. The first kappa shape index (κ1) is 17.1. The SMILES string of the molecule is O=C([O-])C[C@@H](NC(=O)c1ccc([N+](=O)[O-])cc1)c1ccc(F)cc1. The predicted molar refractivity (Wildman–Crippen MR) is 79.3 cm³/mol. The lowest BCUT2D eigenvalue weighted by atomic mass is 10.0. The van der Waals surface area contributed by atoms with Crippen molar-refractivity contribution in [3.05, 3.63) is 75.6 Å². The Balaban J connectivity index is 2.18. The third-order valence-corrected chi connectivity index (χ3v) is 3.29. The lowest BCUT2D eigenvalue weighted by Gasteiger charge is -2.20. The number of hydrogen-bond donors (Lipinski definition) is 1. The molecule has 0 bridgehead atoms. The first-order valence-corrected chi connectivity index (χ1v) is 6.87. The largest absolute Gasteiger partial charge is 0.550 e. The quantitative estimate of drug-likeness (QED) is 0.634. The first-order chi connectivity index (χ1) is 11.4. The molecule has 0 aliphatic rings. The minimum Gasteiger partial charge on any atom is -0.550 e. The highest BCUT2D eigenvalue weighted by atomic mass is 19.1. The number of nitrogens with one attached hydrogen (secondary N) is 1. The summed E-state index contributed by atoms with van der Waals surface area (Å²) in [5.41, 5.74) is 0.360. The van der Waals surface area contributed by atoms with Crippen LogP contribution in [-0.2, 0) is 4.79 Å². The van der Waals surface area contributed by atoms with Gasteiger partial charge in [-0.05, 0) is 29.8 Å². The number of carbonyl (C=O) groups excluding carboxylic acids is 2. The summed E-state index contributed by atoms with van der Waals surface area (Å²) in [6.45, 7) is 0. The summed E-state index contributed by atoms with van der Waals surface area (Å²) in [6, 6.07) is 8.95. The van der Waals surface area contributed by atoms with E-state index >= 15 is 0 Å².